The van der Waals surface area contributed by atoms with E-state index in [0.29, 0.717) is 10.9 Å². The van der Waals surface area contributed by atoms with Gasteiger partial charge in [0, 0.05) is 30.9 Å². The van der Waals surface area contributed by atoms with Crippen molar-refractivity contribution in [3.05, 3.63) is 35.9 Å². The molecule has 1 aromatic carbocycles. The Labute approximate surface area is 114 Å². The van der Waals surface area contributed by atoms with Gasteiger partial charge in [0.25, 0.3) is 0 Å². The Morgan fingerprint density at radius 1 is 1.33 bits per heavy atom. The van der Waals surface area contributed by atoms with Crippen molar-refractivity contribution >= 4 is 11.8 Å². The number of hydrogen-bond acceptors (Lipinski definition) is 3. The van der Waals surface area contributed by atoms with Gasteiger partial charge in [-0.1, -0.05) is 37.3 Å². The van der Waals surface area contributed by atoms with Gasteiger partial charge in [0.1, 0.15) is 0 Å². The van der Waals surface area contributed by atoms with E-state index in [4.69, 9.17) is 0 Å². The molecule has 2 aliphatic rings. The number of benzene rings is 1. The molecule has 1 aromatic rings. The summed E-state index contributed by atoms with van der Waals surface area (Å²) in [6.45, 7) is 8.17. The predicted octanol–water partition coefficient (Wildman–Crippen LogP) is 2.70. The molecule has 3 heteroatoms. The molecule has 3 unspecified atom stereocenters. The van der Waals surface area contributed by atoms with Gasteiger partial charge in [0.15, 0.2) is 0 Å². The lowest BCUT2D eigenvalue weighted by atomic mass is 10.1. The molecule has 2 nitrogen and oxygen atoms in total. The molecular weight excluding hydrogens is 240 g/mol. The summed E-state index contributed by atoms with van der Waals surface area (Å²) in [5.74, 6) is 0. The van der Waals surface area contributed by atoms with Crippen LogP contribution in [0.4, 0.5) is 0 Å². The first-order chi connectivity index (χ1) is 8.70. The SMILES string of the molecule is CC1CNC2(CCN(Cc3ccccc3)C2C)S1. The molecule has 98 valence electrons. The third-order valence-electron chi connectivity index (χ3n) is 4.32. The summed E-state index contributed by atoms with van der Waals surface area (Å²) in [6, 6.07) is 11.4. The molecule has 2 fully saturated rings. The Kier molecular flexibility index (Phi) is 3.39. The van der Waals surface area contributed by atoms with Crippen molar-refractivity contribution < 1.29 is 0 Å². The van der Waals surface area contributed by atoms with Gasteiger partial charge in [-0.05, 0) is 18.9 Å². The molecule has 0 saturated carbocycles. The van der Waals surface area contributed by atoms with E-state index in [-0.39, 0.29) is 0 Å². The van der Waals surface area contributed by atoms with Crippen LogP contribution in [0, 0.1) is 0 Å². The average Bonchev–Trinajstić information content (AvgIpc) is 2.90. The van der Waals surface area contributed by atoms with Gasteiger partial charge in [-0.25, -0.2) is 0 Å². The summed E-state index contributed by atoms with van der Waals surface area (Å²) in [5, 5.41) is 4.52. The largest absolute Gasteiger partial charge is 0.300 e. The zero-order chi connectivity index (χ0) is 12.6. The van der Waals surface area contributed by atoms with E-state index < -0.39 is 0 Å². The number of nitrogens with one attached hydrogen (secondary N) is 1. The standard InChI is InChI=1S/C15H22N2S/c1-12-10-16-15(18-12)8-9-17(13(15)2)11-14-6-4-3-5-7-14/h3-7,12-13,16H,8-11H2,1-2H3. The minimum absolute atomic E-state index is 0.314. The van der Waals surface area contributed by atoms with Crippen molar-refractivity contribution in [1.29, 1.82) is 0 Å². The van der Waals surface area contributed by atoms with Gasteiger partial charge in [-0.15, -0.1) is 11.8 Å². The fraction of sp³-hybridized carbons (Fsp3) is 0.600. The zero-order valence-electron chi connectivity index (χ0n) is 11.2. The first-order valence-corrected chi connectivity index (χ1v) is 7.78. The number of likely N-dealkylation sites (tertiary alicyclic amines) is 1. The second-order valence-electron chi connectivity index (χ2n) is 5.58. The van der Waals surface area contributed by atoms with Gasteiger partial charge >= 0.3 is 0 Å². The molecule has 1 N–H and O–H groups in total. The van der Waals surface area contributed by atoms with Crippen LogP contribution in [-0.2, 0) is 6.54 Å². The molecule has 3 rings (SSSR count). The van der Waals surface area contributed by atoms with E-state index in [1.165, 1.54) is 18.5 Å². The lowest BCUT2D eigenvalue weighted by Crippen LogP contribution is -2.47. The lowest BCUT2D eigenvalue weighted by molar-refractivity contribution is 0.235. The molecule has 0 radical (unpaired) electrons. The van der Waals surface area contributed by atoms with Crippen molar-refractivity contribution in [2.75, 3.05) is 13.1 Å². The van der Waals surface area contributed by atoms with Crippen LogP contribution in [0.15, 0.2) is 30.3 Å². The van der Waals surface area contributed by atoms with Gasteiger partial charge in [0.05, 0.1) is 4.87 Å². The lowest BCUT2D eigenvalue weighted by Gasteiger charge is -2.32. The van der Waals surface area contributed by atoms with Crippen LogP contribution in [0.1, 0.15) is 25.8 Å². The summed E-state index contributed by atoms with van der Waals surface area (Å²) in [6.07, 6.45) is 1.27. The number of hydrogen-bond donors (Lipinski definition) is 1. The summed E-state index contributed by atoms with van der Waals surface area (Å²) in [4.78, 5) is 2.93. The third-order valence-corrected chi connectivity index (χ3v) is 6.00. The van der Waals surface area contributed by atoms with Crippen LogP contribution in [0.2, 0.25) is 0 Å². The second kappa shape index (κ2) is 4.87. The Bertz CT molecular complexity index is 408. The van der Waals surface area contributed by atoms with E-state index in [9.17, 15) is 0 Å². The molecule has 0 aliphatic carbocycles. The van der Waals surface area contributed by atoms with Crippen molar-refractivity contribution in [1.82, 2.24) is 10.2 Å². The van der Waals surface area contributed by atoms with E-state index in [1.54, 1.807) is 0 Å². The molecular formula is C15H22N2S. The quantitative estimate of drug-likeness (QED) is 0.882. The minimum atomic E-state index is 0.314. The highest BCUT2D eigenvalue weighted by Crippen LogP contribution is 2.44. The maximum Gasteiger partial charge on any atom is 0.0815 e. The zero-order valence-corrected chi connectivity index (χ0v) is 12.0. The van der Waals surface area contributed by atoms with Crippen molar-refractivity contribution in [2.45, 2.75) is 43.0 Å². The van der Waals surface area contributed by atoms with Crippen molar-refractivity contribution in [3.63, 3.8) is 0 Å². The highest BCUT2D eigenvalue weighted by molar-refractivity contribution is 8.01. The monoisotopic (exact) mass is 262 g/mol. The summed E-state index contributed by atoms with van der Waals surface area (Å²) in [5.41, 5.74) is 1.43. The molecule has 0 amide bonds. The number of rotatable bonds is 2. The molecule has 1 spiro atoms. The van der Waals surface area contributed by atoms with Crippen LogP contribution in [0.3, 0.4) is 0 Å². The van der Waals surface area contributed by atoms with E-state index in [2.05, 4.69) is 66.2 Å². The molecule has 2 aliphatic heterocycles. The van der Waals surface area contributed by atoms with Crippen molar-refractivity contribution in [2.24, 2.45) is 0 Å². The highest BCUT2D eigenvalue weighted by Gasteiger charge is 2.48. The van der Waals surface area contributed by atoms with Gasteiger partial charge in [-0.3, -0.25) is 4.90 Å². The number of nitrogens with zero attached hydrogens (tertiary/aromatic N) is 1. The minimum Gasteiger partial charge on any atom is -0.300 e. The summed E-state index contributed by atoms with van der Waals surface area (Å²) in [7, 11) is 0. The van der Waals surface area contributed by atoms with Crippen LogP contribution in [0.5, 0.6) is 0 Å². The predicted molar refractivity (Wildman–Crippen MR) is 78.7 cm³/mol. The first kappa shape index (κ1) is 12.5. The highest BCUT2D eigenvalue weighted by atomic mass is 32.2. The van der Waals surface area contributed by atoms with Crippen molar-refractivity contribution in [3.8, 4) is 0 Å². The number of thioether (sulfide) groups is 1. The Morgan fingerprint density at radius 2 is 2.11 bits per heavy atom. The normalized spacial score (nSPS) is 36.6. The summed E-state index contributed by atoms with van der Waals surface area (Å²) >= 11 is 2.15. The Morgan fingerprint density at radius 3 is 2.78 bits per heavy atom. The van der Waals surface area contributed by atoms with E-state index in [0.717, 1.165) is 18.3 Å². The fourth-order valence-electron chi connectivity index (χ4n) is 3.19. The van der Waals surface area contributed by atoms with E-state index >= 15 is 0 Å². The maximum absolute atomic E-state index is 3.77. The molecule has 3 atom stereocenters. The van der Waals surface area contributed by atoms with Gasteiger partial charge < -0.3 is 5.32 Å². The molecule has 18 heavy (non-hydrogen) atoms. The van der Waals surface area contributed by atoms with E-state index in [1.807, 2.05) is 0 Å². The third kappa shape index (κ3) is 2.20. The topological polar surface area (TPSA) is 15.3 Å². The first-order valence-electron chi connectivity index (χ1n) is 6.90. The molecule has 0 aromatic heterocycles. The molecule has 0 bridgehead atoms. The molecule has 2 heterocycles. The molecule has 2 saturated heterocycles. The summed E-state index contributed by atoms with van der Waals surface area (Å²) < 4.78 is 0. The van der Waals surface area contributed by atoms with Crippen LogP contribution in [0.25, 0.3) is 0 Å². The Balaban J connectivity index is 1.70. The van der Waals surface area contributed by atoms with Gasteiger partial charge in [-0.2, -0.15) is 0 Å². The Hall–Kier alpha value is -0.510. The van der Waals surface area contributed by atoms with Crippen LogP contribution >= 0.6 is 11.8 Å². The average molecular weight is 262 g/mol. The van der Waals surface area contributed by atoms with Gasteiger partial charge in [0.2, 0.25) is 0 Å². The smallest absolute Gasteiger partial charge is 0.0815 e. The maximum atomic E-state index is 3.77. The fourth-order valence-corrected chi connectivity index (χ4v) is 4.80. The van der Waals surface area contributed by atoms with Crippen LogP contribution < -0.4 is 5.32 Å². The second-order valence-corrected chi connectivity index (χ2v) is 7.35. The van der Waals surface area contributed by atoms with Crippen LogP contribution in [-0.4, -0.2) is 34.2 Å².